The zero-order valence-electron chi connectivity index (χ0n) is 8.45. The van der Waals surface area contributed by atoms with Gasteiger partial charge in [0.25, 0.3) is 0 Å². The van der Waals surface area contributed by atoms with Crippen LogP contribution in [0.3, 0.4) is 0 Å². The van der Waals surface area contributed by atoms with E-state index in [0.29, 0.717) is 0 Å². The van der Waals surface area contributed by atoms with Crippen molar-refractivity contribution in [3.05, 3.63) is 36.8 Å². The molecule has 2 nitrogen and oxygen atoms in total. The molecule has 71 valence electrons. The molecule has 1 rings (SSSR count). The highest BCUT2D eigenvalue weighted by atomic mass is 16.5. The van der Waals surface area contributed by atoms with Crippen molar-refractivity contribution in [2.24, 2.45) is 0 Å². The van der Waals surface area contributed by atoms with Crippen LogP contribution in [0.2, 0.25) is 0 Å². The fourth-order valence-corrected chi connectivity index (χ4v) is 0.908. The topological polar surface area (TPSA) is 12.5 Å². The summed E-state index contributed by atoms with van der Waals surface area (Å²) in [6, 6.07) is 7.78. The lowest BCUT2D eigenvalue weighted by atomic mass is 10.2. The number of ether oxygens (including phenoxy) is 1. The van der Waals surface area contributed by atoms with Crippen molar-refractivity contribution >= 4 is 0 Å². The average Bonchev–Trinajstić information content (AvgIpc) is 2.08. The Morgan fingerprint density at radius 3 is 2.46 bits per heavy atom. The molecule has 0 aliphatic carbocycles. The second-order valence-electron chi connectivity index (χ2n) is 3.29. The molecule has 1 aromatic rings. The maximum Gasteiger partial charge on any atom is 0.149 e. The van der Waals surface area contributed by atoms with E-state index in [1.807, 2.05) is 50.2 Å². The number of rotatable bonds is 3. The first-order chi connectivity index (χ1) is 6.11. The van der Waals surface area contributed by atoms with Gasteiger partial charge in [0.15, 0.2) is 0 Å². The van der Waals surface area contributed by atoms with Crippen molar-refractivity contribution in [1.29, 1.82) is 0 Å². The van der Waals surface area contributed by atoms with Crippen LogP contribution < -0.4 is 4.74 Å². The molecule has 0 spiro atoms. The summed E-state index contributed by atoms with van der Waals surface area (Å²) in [5.41, 5.74) is 0.927. The predicted octanol–water partition coefficient (Wildman–Crippen LogP) is 2.16. The Morgan fingerprint density at radius 2 is 1.92 bits per heavy atom. The number of benzene rings is 1. The quantitative estimate of drug-likeness (QED) is 0.658. The van der Waals surface area contributed by atoms with Crippen molar-refractivity contribution in [3.63, 3.8) is 0 Å². The molecule has 1 radical (unpaired) electrons. The van der Waals surface area contributed by atoms with Gasteiger partial charge in [0.1, 0.15) is 12.0 Å². The zero-order valence-corrected chi connectivity index (χ0v) is 8.45. The molecule has 0 N–H and O–H groups in total. The Hall–Kier alpha value is -1.02. The van der Waals surface area contributed by atoms with Crippen molar-refractivity contribution in [2.75, 3.05) is 14.1 Å². The minimum absolute atomic E-state index is 0.0721. The predicted molar refractivity (Wildman–Crippen MR) is 54.7 cm³/mol. The summed E-state index contributed by atoms with van der Waals surface area (Å²) in [5, 5.41) is 0. The van der Waals surface area contributed by atoms with Crippen molar-refractivity contribution in [2.45, 2.75) is 13.2 Å². The molecular formula is C11H16NO. The fraction of sp³-hybridized carbons (Fsp3) is 0.364. The molecule has 0 fully saturated rings. The van der Waals surface area contributed by atoms with Crippen LogP contribution in [0, 0.1) is 6.92 Å². The Kier molecular flexibility index (Phi) is 3.32. The van der Waals surface area contributed by atoms with Gasteiger partial charge in [-0.15, -0.1) is 0 Å². The lowest BCUT2D eigenvalue weighted by molar-refractivity contribution is 0.0811. The molecular weight excluding hydrogens is 162 g/mol. The normalized spacial score (nSPS) is 13.0. The maximum absolute atomic E-state index is 5.67. The second kappa shape index (κ2) is 4.28. The van der Waals surface area contributed by atoms with Gasteiger partial charge in [-0.25, -0.2) is 0 Å². The third-order valence-electron chi connectivity index (χ3n) is 2.00. The SMILES string of the molecule is [CH2]c1ccccc1OC(C)N(C)C. The van der Waals surface area contributed by atoms with Gasteiger partial charge in [0, 0.05) is 0 Å². The summed E-state index contributed by atoms with van der Waals surface area (Å²) in [6.45, 7) is 5.90. The fourth-order valence-electron chi connectivity index (χ4n) is 0.908. The van der Waals surface area contributed by atoms with Gasteiger partial charge in [-0.05, 0) is 39.6 Å². The molecule has 1 aromatic carbocycles. The van der Waals surface area contributed by atoms with E-state index in [1.165, 1.54) is 0 Å². The van der Waals surface area contributed by atoms with Crippen molar-refractivity contribution < 1.29 is 4.74 Å². The summed E-state index contributed by atoms with van der Waals surface area (Å²) >= 11 is 0. The third kappa shape index (κ3) is 2.74. The van der Waals surface area contributed by atoms with E-state index >= 15 is 0 Å². The molecule has 0 saturated heterocycles. The summed E-state index contributed by atoms with van der Waals surface area (Å²) in [7, 11) is 3.97. The van der Waals surface area contributed by atoms with Crippen LogP contribution in [0.15, 0.2) is 24.3 Å². The van der Waals surface area contributed by atoms with Gasteiger partial charge in [0.05, 0.1) is 0 Å². The van der Waals surface area contributed by atoms with Gasteiger partial charge >= 0.3 is 0 Å². The highest BCUT2D eigenvalue weighted by molar-refractivity contribution is 5.35. The molecule has 0 aliphatic rings. The number of hydrogen-bond acceptors (Lipinski definition) is 2. The molecule has 2 heteroatoms. The van der Waals surface area contributed by atoms with Crippen LogP contribution >= 0.6 is 0 Å². The monoisotopic (exact) mass is 178 g/mol. The number of nitrogens with zero attached hydrogens (tertiary/aromatic N) is 1. The zero-order chi connectivity index (χ0) is 9.84. The molecule has 1 atom stereocenters. The summed E-state index contributed by atoms with van der Waals surface area (Å²) in [6.07, 6.45) is 0.0721. The summed E-state index contributed by atoms with van der Waals surface area (Å²) in [4.78, 5) is 2.01. The minimum Gasteiger partial charge on any atom is -0.475 e. The van der Waals surface area contributed by atoms with E-state index in [0.717, 1.165) is 11.3 Å². The van der Waals surface area contributed by atoms with E-state index in [-0.39, 0.29) is 6.23 Å². The maximum atomic E-state index is 5.67. The standard InChI is InChI=1S/C11H16NO/c1-9-7-5-6-8-11(9)13-10(2)12(3)4/h5-8,10H,1H2,2-4H3. The van der Waals surface area contributed by atoms with Crippen LogP contribution in [0.5, 0.6) is 5.75 Å². The first-order valence-corrected chi connectivity index (χ1v) is 4.35. The first-order valence-electron chi connectivity index (χ1n) is 4.35. The van der Waals surface area contributed by atoms with Crippen LogP contribution in [0.25, 0.3) is 0 Å². The third-order valence-corrected chi connectivity index (χ3v) is 2.00. The Balaban J connectivity index is 2.69. The molecule has 0 bridgehead atoms. The second-order valence-corrected chi connectivity index (χ2v) is 3.29. The molecule has 0 saturated carbocycles. The summed E-state index contributed by atoms with van der Waals surface area (Å²) < 4.78 is 5.67. The van der Waals surface area contributed by atoms with E-state index in [2.05, 4.69) is 6.92 Å². The summed E-state index contributed by atoms with van der Waals surface area (Å²) in [5.74, 6) is 0.851. The van der Waals surface area contributed by atoms with E-state index in [4.69, 9.17) is 4.74 Å². The molecule has 13 heavy (non-hydrogen) atoms. The van der Waals surface area contributed by atoms with Gasteiger partial charge in [-0.1, -0.05) is 18.2 Å². The molecule has 0 aliphatic heterocycles. The van der Waals surface area contributed by atoms with Crippen LogP contribution in [-0.2, 0) is 0 Å². The smallest absolute Gasteiger partial charge is 0.149 e. The van der Waals surface area contributed by atoms with Gasteiger partial charge < -0.3 is 4.74 Å². The molecule has 0 aromatic heterocycles. The largest absolute Gasteiger partial charge is 0.475 e. The van der Waals surface area contributed by atoms with Crippen LogP contribution in [0.1, 0.15) is 12.5 Å². The lowest BCUT2D eigenvalue weighted by Crippen LogP contribution is -2.30. The van der Waals surface area contributed by atoms with Gasteiger partial charge in [-0.2, -0.15) is 0 Å². The number of para-hydroxylation sites is 1. The van der Waals surface area contributed by atoms with Gasteiger partial charge in [0.2, 0.25) is 0 Å². The van der Waals surface area contributed by atoms with Crippen molar-refractivity contribution in [3.8, 4) is 5.75 Å². The van der Waals surface area contributed by atoms with E-state index in [1.54, 1.807) is 0 Å². The molecule has 1 unspecified atom stereocenters. The van der Waals surface area contributed by atoms with Crippen LogP contribution in [-0.4, -0.2) is 25.2 Å². The molecule has 0 amide bonds. The van der Waals surface area contributed by atoms with E-state index < -0.39 is 0 Å². The highest BCUT2D eigenvalue weighted by Gasteiger charge is 2.06. The average molecular weight is 178 g/mol. The molecule has 0 heterocycles. The van der Waals surface area contributed by atoms with Crippen LogP contribution in [0.4, 0.5) is 0 Å². The Morgan fingerprint density at radius 1 is 1.31 bits per heavy atom. The highest BCUT2D eigenvalue weighted by Crippen LogP contribution is 2.17. The first kappa shape index (κ1) is 10.1. The lowest BCUT2D eigenvalue weighted by Gasteiger charge is -2.22. The minimum atomic E-state index is 0.0721. The number of hydrogen-bond donors (Lipinski definition) is 0. The van der Waals surface area contributed by atoms with Crippen molar-refractivity contribution in [1.82, 2.24) is 4.90 Å². The van der Waals surface area contributed by atoms with Gasteiger partial charge in [-0.3, -0.25) is 4.90 Å². The Bertz CT molecular complexity index is 271. The Labute approximate surface area is 80.1 Å². The van der Waals surface area contributed by atoms with E-state index in [9.17, 15) is 0 Å².